The molecular formula is C21H26N2O2. The van der Waals surface area contributed by atoms with Crippen molar-refractivity contribution in [2.75, 3.05) is 7.05 Å². The molecule has 2 amide bonds. The number of amides is 2. The van der Waals surface area contributed by atoms with Gasteiger partial charge in [-0.05, 0) is 37.5 Å². The second kappa shape index (κ2) is 8.47. The van der Waals surface area contributed by atoms with E-state index in [-0.39, 0.29) is 11.8 Å². The zero-order valence-electron chi connectivity index (χ0n) is 15.4. The summed E-state index contributed by atoms with van der Waals surface area (Å²) in [6.07, 6.45) is 0.292. The average Bonchev–Trinajstić information content (AvgIpc) is 2.61. The van der Waals surface area contributed by atoms with Gasteiger partial charge in [-0.1, -0.05) is 54.1 Å². The van der Waals surface area contributed by atoms with Gasteiger partial charge in [-0.3, -0.25) is 9.59 Å². The molecule has 0 aliphatic heterocycles. The van der Waals surface area contributed by atoms with Crippen LogP contribution in [0, 0.1) is 13.8 Å². The molecule has 0 saturated heterocycles. The van der Waals surface area contributed by atoms with E-state index in [1.165, 1.54) is 5.56 Å². The van der Waals surface area contributed by atoms with Gasteiger partial charge >= 0.3 is 0 Å². The van der Waals surface area contributed by atoms with Crippen LogP contribution in [0.15, 0.2) is 48.5 Å². The first kappa shape index (κ1) is 18.7. The van der Waals surface area contributed by atoms with Gasteiger partial charge in [-0.2, -0.15) is 0 Å². The monoisotopic (exact) mass is 338 g/mol. The smallest absolute Gasteiger partial charge is 0.242 e. The highest BCUT2D eigenvalue weighted by Gasteiger charge is 2.25. The topological polar surface area (TPSA) is 49.4 Å². The van der Waals surface area contributed by atoms with Crippen molar-refractivity contribution < 1.29 is 9.59 Å². The Morgan fingerprint density at radius 3 is 2.28 bits per heavy atom. The Morgan fingerprint density at radius 1 is 1.04 bits per heavy atom. The molecule has 1 unspecified atom stereocenters. The van der Waals surface area contributed by atoms with Crippen molar-refractivity contribution >= 4 is 11.8 Å². The fourth-order valence-electron chi connectivity index (χ4n) is 2.75. The van der Waals surface area contributed by atoms with Gasteiger partial charge in [-0.15, -0.1) is 0 Å². The number of hydrogen-bond acceptors (Lipinski definition) is 2. The third-order valence-corrected chi connectivity index (χ3v) is 4.49. The fourth-order valence-corrected chi connectivity index (χ4v) is 2.75. The van der Waals surface area contributed by atoms with Crippen LogP contribution in [-0.4, -0.2) is 29.8 Å². The van der Waals surface area contributed by atoms with E-state index >= 15 is 0 Å². The number of benzene rings is 2. The molecule has 132 valence electrons. The van der Waals surface area contributed by atoms with Crippen molar-refractivity contribution in [2.24, 2.45) is 0 Å². The molecule has 2 rings (SSSR count). The number of likely N-dealkylation sites (N-methyl/N-ethyl adjacent to an activating group) is 1. The Morgan fingerprint density at radius 2 is 1.68 bits per heavy atom. The number of rotatable bonds is 6. The summed E-state index contributed by atoms with van der Waals surface area (Å²) < 4.78 is 0. The van der Waals surface area contributed by atoms with E-state index in [0.29, 0.717) is 13.0 Å². The number of nitrogens with one attached hydrogen (secondary N) is 1. The first-order valence-corrected chi connectivity index (χ1v) is 8.53. The van der Waals surface area contributed by atoms with Crippen LogP contribution in [0.2, 0.25) is 0 Å². The number of hydrogen-bond donors (Lipinski definition) is 1. The van der Waals surface area contributed by atoms with Gasteiger partial charge in [-0.25, -0.2) is 0 Å². The lowest BCUT2D eigenvalue weighted by Gasteiger charge is -2.28. The second-order valence-corrected chi connectivity index (χ2v) is 6.40. The normalized spacial score (nSPS) is 11.7. The Labute approximate surface area is 149 Å². The summed E-state index contributed by atoms with van der Waals surface area (Å²) in [5, 5.41) is 2.64. The lowest BCUT2D eigenvalue weighted by molar-refractivity contribution is -0.139. The van der Waals surface area contributed by atoms with E-state index in [2.05, 4.69) is 5.32 Å². The van der Waals surface area contributed by atoms with Crippen molar-refractivity contribution in [3.05, 3.63) is 70.8 Å². The molecule has 1 N–H and O–H groups in total. The third kappa shape index (κ3) is 4.92. The second-order valence-electron chi connectivity index (χ2n) is 6.40. The zero-order valence-corrected chi connectivity index (χ0v) is 15.4. The quantitative estimate of drug-likeness (QED) is 0.880. The van der Waals surface area contributed by atoms with E-state index in [4.69, 9.17) is 0 Å². The largest absolute Gasteiger partial charge is 0.357 e. The van der Waals surface area contributed by atoms with Gasteiger partial charge < -0.3 is 10.2 Å². The fraction of sp³-hybridized carbons (Fsp3) is 0.333. The lowest BCUT2D eigenvalue weighted by Crippen LogP contribution is -2.47. The van der Waals surface area contributed by atoms with E-state index in [0.717, 1.165) is 16.7 Å². The summed E-state index contributed by atoms with van der Waals surface area (Å²) in [5.41, 5.74) is 4.25. The standard InChI is InChI=1S/C21H26N2O2/c1-15-9-11-18(12-10-15)14-23(17(3)21(25)22-4)20(24)13-19-8-6-5-7-16(19)2/h5-12,17H,13-14H2,1-4H3,(H,22,25). The van der Waals surface area contributed by atoms with Gasteiger partial charge in [0.25, 0.3) is 0 Å². The summed E-state index contributed by atoms with van der Waals surface area (Å²) in [4.78, 5) is 26.7. The number of nitrogens with zero attached hydrogens (tertiary/aromatic N) is 1. The molecule has 0 spiro atoms. The van der Waals surface area contributed by atoms with Gasteiger partial charge in [0, 0.05) is 13.6 Å². The first-order chi connectivity index (χ1) is 11.9. The molecule has 1 atom stereocenters. The van der Waals surface area contributed by atoms with Crippen molar-refractivity contribution in [3.8, 4) is 0 Å². The third-order valence-electron chi connectivity index (χ3n) is 4.49. The van der Waals surface area contributed by atoms with Gasteiger partial charge in [0.05, 0.1) is 6.42 Å². The molecule has 0 aliphatic carbocycles. The predicted molar refractivity (Wildman–Crippen MR) is 100 cm³/mol. The summed E-state index contributed by atoms with van der Waals surface area (Å²) in [7, 11) is 1.59. The molecule has 4 nitrogen and oxygen atoms in total. The molecule has 2 aromatic rings. The number of carbonyl (C=O) groups is 2. The Bertz CT molecular complexity index is 738. The number of carbonyl (C=O) groups excluding carboxylic acids is 2. The van der Waals surface area contributed by atoms with Gasteiger partial charge in [0.1, 0.15) is 6.04 Å². The van der Waals surface area contributed by atoms with Crippen LogP contribution in [0.5, 0.6) is 0 Å². The minimum absolute atomic E-state index is 0.0500. The van der Waals surface area contributed by atoms with Crippen molar-refractivity contribution in [1.29, 1.82) is 0 Å². The van der Waals surface area contributed by atoms with Crippen LogP contribution in [0.1, 0.15) is 29.2 Å². The van der Waals surface area contributed by atoms with Crippen LogP contribution in [-0.2, 0) is 22.6 Å². The maximum Gasteiger partial charge on any atom is 0.242 e. The molecule has 0 fully saturated rings. The van der Waals surface area contributed by atoms with Gasteiger partial charge in [0.2, 0.25) is 11.8 Å². The van der Waals surface area contributed by atoms with Crippen LogP contribution >= 0.6 is 0 Å². The van der Waals surface area contributed by atoms with E-state index < -0.39 is 6.04 Å². The minimum Gasteiger partial charge on any atom is -0.357 e. The van der Waals surface area contributed by atoms with E-state index in [1.807, 2.05) is 62.4 Å². The predicted octanol–water partition coefficient (Wildman–Crippen LogP) is 3.01. The maximum atomic E-state index is 12.9. The molecular weight excluding hydrogens is 312 g/mol. The minimum atomic E-state index is -0.525. The first-order valence-electron chi connectivity index (χ1n) is 8.53. The molecule has 0 heterocycles. The van der Waals surface area contributed by atoms with E-state index in [1.54, 1.807) is 18.9 Å². The highest BCUT2D eigenvalue weighted by molar-refractivity contribution is 5.88. The Hall–Kier alpha value is -2.62. The SMILES string of the molecule is CNC(=O)C(C)N(Cc1ccc(C)cc1)C(=O)Cc1ccccc1C. The molecule has 0 radical (unpaired) electrons. The Kier molecular flexibility index (Phi) is 6.34. The van der Waals surface area contributed by atoms with Crippen LogP contribution in [0.4, 0.5) is 0 Å². The highest BCUT2D eigenvalue weighted by atomic mass is 16.2. The van der Waals surface area contributed by atoms with Crippen molar-refractivity contribution in [1.82, 2.24) is 10.2 Å². The zero-order chi connectivity index (χ0) is 18.4. The molecule has 2 aromatic carbocycles. The summed E-state index contributed by atoms with van der Waals surface area (Å²) in [5.74, 6) is -0.212. The van der Waals surface area contributed by atoms with Crippen LogP contribution in [0.25, 0.3) is 0 Å². The number of aryl methyl sites for hydroxylation is 2. The van der Waals surface area contributed by atoms with Crippen LogP contribution in [0.3, 0.4) is 0 Å². The highest BCUT2D eigenvalue weighted by Crippen LogP contribution is 2.15. The molecule has 0 bridgehead atoms. The summed E-state index contributed by atoms with van der Waals surface area (Å²) >= 11 is 0. The molecule has 25 heavy (non-hydrogen) atoms. The summed E-state index contributed by atoms with van der Waals surface area (Å²) in [6, 6.07) is 15.4. The van der Waals surface area contributed by atoms with Gasteiger partial charge in [0.15, 0.2) is 0 Å². The average molecular weight is 338 g/mol. The molecule has 0 aromatic heterocycles. The van der Waals surface area contributed by atoms with E-state index in [9.17, 15) is 9.59 Å². The molecule has 4 heteroatoms. The van der Waals surface area contributed by atoms with Crippen molar-refractivity contribution in [2.45, 2.75) is 39.8 Å². The van der Waals surface area contributed by atoms with Crippen molar-refractivity contribution in [3.63, 3.8) is 0 Å². The Balaban J connectivity index is 2.23. The summed E-state index contributed by atoms with van der Waals surface area (Å²) in [6.45, 7) is 6.20. The lowest BCUT2D eigenvalue weighted by atomic mass is 10.0. The molecule has 0 aliphatic rings. The molecule has 0 saturated carbocycles. The maximum absolute atomic E-state index is 12.9. The van der Waals surface area contributed by atoms with Crippen LogP contribution < -0.4 is 5.32 Å².